The van der Waals surface area contributed by atoms with Gasteiger partial charge in [0, 0.05) is 11.8 Å². The van der Waals surface area contributed by atoms with Crippen molar-refractivity contribution in [2.24, 2.45) is 5.92 Å². The Morgan fingerprint density at radius 2 is 1.90 bits per heavy atom. The molecular formula is C21H27N5O2S. The van der Waals surface area contributed by atoms with Crippen LogP contribution in [0.3, 0.4) is 0 Å². The minimum Gasteiger partial charge on any atom is -0.350 e. The van der Waals surface area contributed by atoms with E-state index in [1.807, 2.05) is 52.1 Å². The standard InChI is InChI=1S/C21H27N5O2S/c1-13(2)18(22-20(27)12-25-16(5)14(3)15(4)23-25)11-26-21(28)9-8-17(24-26)19-7-6-10-29-19/h6-10,13,18H,11-12H2,1-5H3,(H,22,27)/t18-/m0/s1. The summed E-state index contributed by atoms with van der Waals surface area (Å²) in [6.45, 7) is 10.4. The van der Waals surface area contributed by atoms with Gasteiger partial charge in [0.1, 0.15) is 12.2 Å². The number of hydrogen-bond donors (Lipinski definition) is 1. The molecule has 0 spiro atoms. The molecule has 3 heterocycles. The van der Waals surface area contributed by atoms with Crippen molar-refractivity contribution in [2.45, 2.75) is 53.8 Å². The van der Waals surface area contributed by atoms with Gasteiger partial charge >= 0.3 is 0 Å². The smallest absolute Gasteiger partial charge is 0.266 e. The van der Waals surface area contributed by atoms with Crippen LogP contribution in [0.4, 0.5) is 0 Å². The third-order valence-corrected chi connectivity index (χ3v) is 6.09. The highest BCUT2D eigenvalue weighted by atomic mass is 32.1. The second-order valence-corrected chi connectivity index (χ2v) is 8.54. The summed E-state index contributed by atoms with van der Waals surface area (Å²) < 4.78 is 3.16. The van der Waals surface area contributed by atoms with Crippen molar-refractivity contribution in [3.05, 3.63) is 57.0 Å². The largest absolute Gasteiger partial charge is 0.350 e. The molecule has 8 heteroatoms. The predicted octanol–water partition coefficient (Wildman–Crippen LogP) is 2.93. The summed E-state index contributed by atoms with van der Waals surface area (Å²) in [6.07, 6.45) is 0. The van der Waals surface area contributed by atoms with Gasteiger partial charge in [0.25, 0.3) is 5.56 Å². The Bertz CT molecular complexity index is 1050. The zero-order valence-corrected chi connectivity index (χ0v) is 18.3. The second kappa shape index (κ2) is 8.73. The van der Waals surface area contributed by atoms with Crippen molar-refractivity contribution in [1.29, 1.82) is 0 Å². The zero-order chi connectivity index (χ0) is 21.1. The molecule has 1 atom stereocenters. The minimum atomic E-state index is -0.218. The number of carbonyl (C=O) groups is 1. The zero-order valence-electron chi connectivity index (χ0n) is 17.5. The third kappa shape index (κ3) is 4.82. The topological polar surface area (TPSA) is 81.8 Å². The quantitative estimate of drug-likeness (QED) is 0.646. The van der Waals surface area contributed by atoms with Crippen molar-refractivity contribution in [3.8, 4) is 10.6 Å². The molecule has 0 saturated heterocycles. The van der Waals surface area contributed by atoms with E-state index in [-0.39, 0.29) is 30.0 Å². The van der Waals surface area contributed by atoms with E-state index in [1.165, 1.54) is 10.7 Å². The van der Waals surface area contributed by atoms with Crippen molar-refractivity contribution >= 4 is 17.2 Å². The van der Waals surface area contributed by atoms with Crippen LogP contribution in [0.15, 0.2) is 34.4 Å². The molecule has 154 valence electrons. The van der Waals surface area contributed by atoms with Crippen LogP contribution in [-0.2, 0) is 17.9 Å². The van der Waals surface area contributed by atoms with Crippen LogP contribution in [0.5, 0.6) is 0 Å². The van der Waals surface area contributed by atoms with Gasteiger partial charge in [-0.2, -0.15) is 10.2 Å². The highest BCUT2D eigenvalue weighted by molar-refractivity contribution is 7.13. The first-order chi connectivity index (χ1) is 13.8. The Morgan fingerprint density at radius 3 is 2.48 bits per heavy atom. The van der Waals surface area contributed by atoms with Gasteiger partial charge in [-0.05, 0) is 49.8 Å². The molecule has 0 bridgehead atoms. The maximum Gasteiger partial charge on any atom is 0.266 e. The molecule has 0 aliphatic heterocycles. The number of carbonyl (C=O) groups excluding carboxylic acids is 1. The molecule has 1 amide bonds. The van der Waals surface area contributed by atoms with E-state index in [4.69, 9.17) is 0 Å². The van der Waals surface area contributed by atoms with E-state index >= 15 is 0 Å². The first-order valence-electron chi connectivity index (χ1n) is 9.68. The van der Waals surface area contributed by atoms with Gasteiger partial charge in [-0.25, -0.2) is 4.68 Å². The van der Waals surface area contributed by atoms with E-state index in [1.54, 1.807) is 22.1 Å². The van der Waals surface area contributed by atoms with E-state index in [2.05, 4.69) is 15.5 Å². The summed E-state index contributed by atoms with van der Waals surface area (Å²) in [6, 6.07) is 6.97. The lowest BCUT2D eigenvalue weighted by atomic mass is 10.0. The number of amides is 1. The van der Waals surface area contributed by atoms with Gasteiger partial charge < -0.3 is 5.32 Å². The Labute approximate surface area is 174 Å². The van der Waals surface area contributed by atoms with Crippen LogP contribution in [0.2, 0.25) is 0 Å². The SMILES string of the molecule is Cc1nn(CC(=O)N[C@@H](Cn2nc(-c3cccs3)ccc2=O)C(C)C)c(C)c1C. The van der Waals surface area contributed by atoms with Crippen molar-refractivity contribution < 1.29 is 4.79 Å². The number of hydrogen-bond acceptors (Lipinski definition) is 5. The van der Waals surface area contributed by atoms with Crippen LogP contribution in [0.25, 0.3) is 10.6 Å². The van der Waals surface area contributed by atoms with E-state index in [0.29, 0.717) is 6.54 Å². The van der Waals surface area contributed by atoms with Crippen LogP contribution in [-0.4, -0.2) is 31.5 Å². The number of nitrogens with zero attached hydrogens (tertiary/aromatic N) is 4. The van der Waals surface area contributed by atoms with E-state index in [9.17, 15) is 9.59 Å². The summed E-state index contributed by atoms with van der Waals surface area (Å²) in [5.74, 6) is 0.0111. The molecule has 0 unspecified atom stereocenters. The Balaban J connectivity index is 1.75. The minimum absolute atomic E-state index is 0.128. The van der Waals surface area contributed by atoms with Gasteiger partial charge in [0.05, 0.1) is 23.2 Å². The van der Waals surface area contributed by atoms with Crippen molar-refractivity contribution in [1.82, 2.24) is 24.9 Å². The second-order valence-electron chi connectivity index (χ2n) is 7.59. The summed E-state index contributed by atoms with van der Waals surface area (Å²) in [5, 5.41) is 14.0. The highest BCUT2D eigenvalue weighted by Gasteiger charge is 2.20. The first kappa shape index (κ1) is 21.0. The lowest BCUT2D eigenvalue weighted by molar-refractivity contribution is -0.123. The fourth-order valence-corrected chi connectivity index (χ4v) is 3.76. The molecule has 0 aliphatic carbocycles. The van der Waals surface area contributed by atoms with Gasteiger partial charge in [0.2, 0.25) is 5.91 Å². The lowest BCUT2D eigenvalue weighted by Gasteiger charge is -2.23. The summed E-state index contributed by atoms with van der Waals surface area (Å²) in [4.78, 5) is 26.0. The molecule has 3 aromatic rings. The Morgan fingerprint density at radius 1 is 1.14 bits per heavy atom. The predicted molar refractivity (Wildman–Crippen MR) is 115 cm³/mol. The molecule has 1 N–H and O–H groups in total. The molecule has 7 nitrogen and oxygen atoms in total. The summed E-state index contributed by atoms with van der Waals surface area (Å²) in [7, 11) is 0. The molecule has 0 aromatic carbocycles. The molecule has 3 aromatic heterocycles. The van der Waals surface area contributed by atoms with Crippen LogP contribution < -0.4 is 10.9 Å². The maximum absolute atomic E-state index is 12.7. The molecule has 0 aliphatic rings. The van der Waals surface area contributed by atoms with Gasteiger partial charge in [0.15, 0.2) is 0 Å². The average Bonchev–Trinajstić information content (AvgIpc) is 3.28. The summed E-state index contributed by atoms with van der Waals surface area (Å²) >= 11 is 1.57. The van der Waals surface area contributed by atoms with Crippen molar-refractivity contribution in [3.63, 3.8) is 0 Å². The van der Waals surface area contributed by atoms with Crippen LogP contribution >= 0.6 is 11.3 Å². The Kier molecular flexibility index (Phi) is 6.32. The molecule has 3 rings (SSSR count). The average molecular weight is 414 g/mol. The monoisotopic (exact) mass is 413 g/mol. The molecular weight excluding hydrogens is 386 g/mol. The number of aromatic nitrogens is 4. The number of aryl methyl sites for hydroxylation is 1. The Hall–Kier alpha value is -2.74. The highest BCUT2D eigenvalue weighted by Crippen LogP contribution is 2.21. The molecule has 0 radical (unpaired) electrons. The molecule has 0 fully saturated rings. The van der Waals surface area contributed by atoms with Gasteiger partial charge in [-0.1, -0.05) is 19.9 Å². The van der Waals surface area contributed by atoms with E-state index < -0.39 is 0 Å². The fraction of sp³-hybridized carbons (Fsp3) is 0.429. The van der Waals surface area contributed by atoms with Gasteiger partial charge in [-0.3, -0.25) is 14.3 Å². The summed E-state index contributed by atoms with van der Waals surface area (Å²) in [5.41, 5.74) is 3.59. The van der Waals surface area contributed by atoms with Crippen LogP contribution in [0.1, 0.15) is 30.8 Å². The number of rotatable bonds is 7. The fourth-order valence-electron chi connectivity index (χ4n) is 3.07. The number of nitrogens with one attached hydrogen (secondary N) is 1. The normalized spacial score (nSPS) is 12.3. The molecule has 29 heavy (non-hydrogen) atoms. The number of thiophene rings is 1. The lowest BCUT2D eigenvalue weighted by Crippen LogP contribution is -2.45. The first-order valence-corrected chi connectivity index (χ1v) is 10.6. The van der Waals surface area contributed by atoms with Crippen LogP contribution in [0, 0.1) is 26.7 Å². The third-order valence-electron chi connectivity index (χ3n) is 5.20. The van der Waals surface area contributed by atoms with E-state index in [0.717, 1.165) is 27.5 Å². The van der Waals surface area contributed by atoms with Gasteiger partial charge in [-0.15, -0.1) is 11.3 Å². The molecule has 0 saturated carbocycles. The van der Waals surface area contributed by atoms with Crippen molar-refractivity contribution in [2.75, 3.05) is 0 Å². The maximum atomic E-state index is 12.7.